The average Bonchev–Trinajstić information content (AvgIpc) is 3.37. The van der Waals surface area contributed by atoms with Gasteiger partial charge in [-0.05, 0) is 57.7 Å². The van der Waals surface area contributed by atoms with Crippen LogP contribution in [-0.4, -0.2) is 115 Å². The van der Waals surface area contributed by atoms with Gasteiger partial charge in [-0.3, -0.25) is 14.4 Å². The number of ketones is 3. The van der Waals surface area contributed by atoms with Crippen LogP contribution in [0.15, 0.2) is 79.0 Å². The number of carbonyl (C=O) groups excluding carboxylic acids is 3. The van der Waals surface area contributed by atoms with Gasteiger partial charge in [0.1, 0.15) is 11.9 Å². The number of benzene rings is 3. The van der Waals surface area contributed by atoms with E-state index in [1.54, 1.807) is 20.0 Å². The number of Topliss-reactive ketones (excluding diaryl/α,β-unsaturated/α-hetero) is 3. The first kappa shape index (κ1) is 58.1. The van der Waals surface area contributed by atoms with Crippen molar-refractivity contribution in [3.05, 3.63) is 118 Å². The van der Waals surface area contributed by atoms with Gasteiger partial charge >= 0.3 is 236 Å². The summed E-state index contributed by atoms with van der Waals surface area (Å²) in [7, 11) is 0. The first-order valence-electron chi connectivity index (χ1n) is 25.8. The minimum Gasteiger partial charge on any atom is -0.192 e. The summed E-state index contributed by atoms with van der Waals surface area (Å²) < 4.78 is 16.7. The van der Waals surface area contributed by atoms with Crippen LogP contribution in [0.4, 0.5) is 11.6 Å². The number of allylic oxidation sites excluding steroid dienone is 1. The van der Waals surface area contributed by atoms with Crippen molar-refractivity contribution in [1.82, 2.24) is 19.8 Å². The Hall–Kier alpha value is -4.79. The van der Waals surface area contributed by atoms with E-state index in [0.29, 0.717) is 52.5 Å². The molecule has 0 aliphatic carbocycles. The van der Waals surface area contributed by atoms with Crippen molar-refractivity contribution in [2.45, 2.75) is 118 Å². The van der Waals surface area contributed by atoms with Crippen LogP contribution in [0.2, 0.25) is 9.89 Å². The fourth-order valence-electron chi connectivity index (χ4n) is 8.93. The van der Waals surface area contributed by atoms with Crippen molar-refractivity contribution in [2.75, 3.05) is 65.3 Å². The van der Waals surface area contributed by atoms with E-state index >= 15 is 0 Å². The number of carbonyl (C=O) groups is 3. The number of rotatable bonds is 23. The molecular formula is C58H79ClN7O5Sb. The number of ether oxygens (including phenoxy) is 2. The van der Waals surface area contributed by atoms with E-state index in [1.807, 2.05) is 76.2 Å². The Morgan fingerprint density at radius 2 is 1.61 bits per heavy atom. The first-order valence-corrected chi connectivity index (χ1v) is 31.8. The summed E-state index contributed by atoms with van der Waals surface area (Å²) in [6.45, 7) is 29.2. The zero-order valence-corrected chi connectivity index (χ0v) is 48.0. The normalized spacial score (nSPS) is 15.1. The molecular weight excluding hydrogens is 1030 g/mol. The van der Waals surface area contributed by atoms with Crippen molar-refractivity contribution >= 4 is 61.1 Å². The fraction of sp³-hybridized carbons (Fsp3) is 0.517. The number of anilines is 2. The van der Waals surface area contributed by atoms with Gasteiger partial charge in [-0.2, -0.15) is 5.26 Å². The Labute approximate surface area is 443 Å². The SMILES string of the molecule is C=C(CC)CCC(C)C(C)=O.CCCOc1c(Cl)cc(C(C)(C)c2ccc(OCc3ccnc([NH][Sb]([CH3])[CH2]N4CCC(CN5CCN(c6ccc(C(=O)C(C)C)c(C(C)=O)c6)CC5)CC4)n3)cc2)cc1C#N. The average molecular weight is 1110 g/mol. The smallest absolute Gasteiger partial charge is 0.103 e. The van der Waals surface area contributed by atoms with Gasteiger partial charge in [-0.1, -0.05) is 58.4 Å². The Kier molecular flexibility index (Phi) is 22.6. The summed E-state index contributed by atoms with van der Waals surface area (Å²) in [6.07, 6.45) is 8.04. The van der Waals surface area contributed by atoms with Crippen LogP contribution in [0.5, 0.6) is 11.5 Å². The van der Waals surface area contributed by atoms with Crippen LogP contribution < -0.4 is 17.8 Å². The van der Waals surface area contributed by atoms with E-state index in [9.17, 15) is 19.6 Å². The van der Waals surface area contributed by atoms with Crippen LogP contribution in [0, 0.1) is 29.1 Å². The summed E-state index contributed by atoms with van der Waals surface area (Å²) in [4.78, 5) is 55.2. The number of likely N-dealkylation sites (tertiary alicyclic amines) is 1. The van der Waals surface area contributed by atoms with E-state index < -0.39 is 25.9 Å². The second-order valence-electron chi connectivity index (χ2n) is 20.4. The number of piperazine rings is 1. The van der Waals surface area contributed by atoms with Crippen molar-refractivity contribution in [1.29, 1.82) is 5.26 Å². The molecule has 0 radical (unpaired) electrons. The van der Waals surface area contributed by atoms with Crippen LogP contribution in [0.3, 0.4) is 0 Å². The largest absolute Gasteiger partial charge is 0.192 e. The summed E-state index contributed by atoms with van der Waals surface area (Å²) in [6, 6.07) is 21.7. The Bertz CT molecular complexity index is 2490. The fourth-order valence-corrected chi connectivity index (χ4v) is 13.2. The van der Waals surface area contributed by atoms with Crippen LogP contribution in [-0.2, 0) is 16.8 Å². The molecule has 2 fully saturated rings. The second-order valence-corrected chi connectivity index (χ2v) is 26.2. The molecule has 2 aliphatic rings. The summed E-state index contributed by atoms with van der Waals surface area (Å²) in [5.41, 5.74) is 6.20. The van der Waals surface area contributed by atoms with Gasteiger partial charge in [0.15, 0.2) is 17.3 Å². The third-order valence-corrected chi connectivity index (χ3v) is 18.3. The number of nitrogens with zero attached hydrogens (tertiary/aromatic N) is 6. The second kappa shape index (κ2) is 28.0. The Morgan fingerprint density at radius 3 is 2.22 bits per heavy atom. The molecule has 2 aliphatic heterocycles. The molecule has 0 saturated carbocycles. The number of hydrogen-bond acceptors (Lipinski definition) is 12. The van der Waals surface area contributed by atoms with E-state index in [2.05, 4.69) is 73.6 Å². The molecule has 3 aromatic carbocycles. The molecule has 12 nitrogen and oxygen atoms in total. The quantitative estimate of drug-likeness (QED) is 0.0429. The van der Waals surface area contributed by atoms with Gasteiger partial charge in [0.05, 0.1) is 17.2 Å². The number of nitriles is 1. The van der Waals surface area contributed by atoms with Crippen LogP contribution in [0.25, 0.3) is 0 Å². The Morgan fingerprint density at radius 1 is 0.917 bits per heavy atom. The van der Waals surface area contributed by atoms with Crippen molar-refractivity contribution < 1.29 is 23.9 Å². The molecule has 0 amide bonds. The number of piperidine rings is 1. The van der Waals surface area contributed by atoms with Crippen LogP contribution >= 0.6 is 11.6 Å². The molecule has 388 valence electrons. The molecule has 72 heavy (non-hydrogen) atoms. The summed E-state index contributed by atoms with van der Waals surface area (Å²) >= 11 is 4.74. The van der Waals surface area contributed by atoms with E-state index in [-0.39, 0.29) is 29.2 Å². The monoisotopic (exact) mass is 1110 g/mol. The predicted molar refractivity (Wildman–Crippen MR) is 294 cm³/mol. The van der Waals surface area contributed by atoms with E-state index in [1.165, 1.54) is 18.4 Å². The van der Waals surface area contributed by atoms with E-state index in [4.69, 9.17) is 26.1 Å². The molecule has 3 heterocycles. The molecule has 6 rings (SSSR count). The zero-order valence-electron chi connectivity index (χ0n) is 44.7. The maximum atomic E-state index is 12.7. The molecule has 0 bridgehead atoms. The third kappa shape index (κ3) is 16.9. The molecule has 1 unspecified atom stereocenters. The van der Waals surface area contributed by atoms with Gasteiger partial charge in [0, 0.05) is 23.0 Å². The number of hydrogen-bond donors (Lipinski definition) is 1. The molecule has 1 N–H and O–H groups in total. The van der Waals surface area contributed by atoms with E-state index in [0.717, 1.165) is 104 Å². The number of aromatic nitrogens is 2. The van der Waals surface area contributed by atoms with Crippen molar-refractivity contribution in [2.24, 2.45) is 17.8 Å². The molecule has 2 saturated heterocycles. The molecule has 0 spiro atoms. The molecule has 1 aromatic heterocycles. The summed E-state index contributed by atoms with van der Waals surface area (Å²) in [5, 5.41) is 10.2. The van der Waals surface area contributed by atoms with Crippen molar-refractivity contribution in [3.8, 4) is 17.6 Å². The zero-order chi connectivity index (χ0) is 52.5. The standard InChI is InChI=1S/C24H24ClN4O2.C23H34N3O2.C10H18O.CH3.Sb/c1-4-11-30-22-16(14-26)12-18(13-21(22)25)24(2,3)17-5-7-20(8-6-17)31-15-19-9-10-28-23(27)29-19;1-17(2)23(28)21-6-5-20(15-22(21)18(3)27)26-13-11-25(12-14-26)16-19-7-9-24(4)10-8-19;1-5-8(2)6-7-9(3)10(4)11;;/h5-10,12-13H,4,11,15H2,1-3H3,(H-,27,28,29);5-6,15,17,19H,4,7-14,16H2,1-3H3;9H,2,5-7H2,1,3-4H3;1H3;/q-1;;;;+1. The van der Waals surface area contributed by atoms with Gasteiger partial charge < -0.3 is 4.74 Å². The molecule has 1 atom stereocenters. The maximum absolute atomic E-state index is 12.7. The minimum absolute atomic E-state index is 0.0186. The van der Waals surface area contributed by atoms with Gasteiger partial charge in [0.2, 0.25) is 0 Å². The van der Waals surface area contributed by atoms with Gasteiger partial charge in [-0.25, -0.2) is 0 Å². The maximum Gasteiger partial charge on any atom is 0.103 e. The molecule has 14 heteroatoms. The number of nitrogens with one attached hydrogen (secondary N) is 1. The Balaban J connectivity index is 0.000000781. The summed E-state index contributed by atoms with van der Waals surface area (Å²) in [5.74, 6) is 2.87. The first-order chi connectivity index (χ1) is 34.3. The van der Waals surface area contributed by atoms with Crippen LogP contribution in [0.1, 0.15) is 144 Å². The predicted octanol–water partition coefficient (Wildman–Crippen LogP) is 11.8. The molecule has 4 aromatic rings. The topological polar surface area (TPSA) is 141 Å². The van der Waals surface area contributed by atoms with Gasteiger partial charge in [0.25, 0.3) is 0 Å². The number of halogens is 1. The third-order valence-electron chi connectivity index (χ3n) is 14.0. The minimum atomic E-state index is -1.86. The van der Waals surface area contributed by atoms with Gasteiger partial charge in [-0.15, -0.1) is 0 Å². The van der Waals surface area contributed by atoms with Crippen molar-refractivity contribution in [3.63, 3.8) is 0 Å².